The molecule has 0 aromatic carbocycles. The summed E-state index contributed by atoms with van der Waals surface area (Å²) >= 11 is 0. The van der Waals surface area contributed by atoms with Gasteiger partial charge in [-0.3, -0.25) is 24.0 Å². The van der Waals surface area contributed by atoms with Crippen LogP contribution in [-0.2, 0) is 24.0 Å². The van der Waals surface area contributed by atoms with Gasteiger partial charge < -0.3 is 31.5 Å². The number of nitrogens with two attached hydrogens (primary N) is 1. The van der Waals surface area contributed by atoms with Crippen molar-refractivity contribution in [3.05, 3.63) is 0 Å². The molecule has 6 atom stereocenters. The highest BCUT2D eigenvalue weighted by Crippen LogP contribution is 2.65. The Kier molecular flexibility index (Phi) is 10.2. The summed E-state index contributed by atoms with van der Waals surface area (Å²) < 4.78 is 0. The number of rotatable bonds is 11. The van der Waals surface area contributed by atoms with E-state index in [-0.39, 0.29) is 46.4 Å². The number of carbonyl (C=O) groups excluding carboxylic acids is 6. The minimum absolute atomic E-state index is 0.0812. The van der Waals surface area contributed by atoms with E-state index in [0.29, 0.717) is 32.5 Å². The number of primary amides is 1. The standard InChI is InChI=1S/C34H56N6O6/c1-32(2,3)22(18-39-15-10-9-14-23(39)41)37-31(46)38-27(33(4,5)6)30(45)40-17-20-24(34(20,7)8)25(40)29(44)36-21(26(42)28(35)43)16-19-12-11-13-19/h19-22,24-25,27H,9-18H2,1-8H3,(H2,35,43)(H,36,44)(H2,37,38,46)/t20-,21?,22+,24-,25-,27+/m0/s1. The van der Waals surface area contributed by atoms with E-state index < -0.39 is 47.2 Å². The molecule has 0 spiro atoms. The van der Waals surface area contributed by atoms with Gasteiger partial charge in [0, 0.05) is 26.1 Å². The van der Waals surface area contributed by atoms with Crippen LogP contribution in [0.2, 0.25) is 0 Å². The molecule has 258 valence electrons. The van der Waals surface area contributed by atoms with E-state index in [0.717, 1.165) is 32.1 Å². The summed E-state index contributed by atoms with van der Waals surface area (Å²) in [4.78, 5) is 82.3. The van der Waals surface area contributed by atoms with Crippen molar-refractivity contribution >= 4 is 35.4 Å². The number of fused-ring (bicyclic) bond motifs is 1. The highest BCUT2D eigenvalue weighted by molar-refractivity contribution is 6.37. The molecule has 1 unspecified atom stereocenters. The third-order valence-corrected chi connectivity index (χ3v) is 11.0. The van der Waals surface area contributed by atoms with E-state index in [4.69, 9.17) is 5.73 Å². The van der Waals surface area contributed by atoms with Crippen molar-refractivity contribution in [2.75, 3.05) is 19.6 Å². The first-order valence-electron chi connectivity index (χ1n) is 17.0. The summed E-state index contributed by atoms with van der Waals surface area (Å²) in [6, 6.07) is -3.72. The third kappa shape index (κ3) is 7.68. The minimum Gasteiger partial charge on any atom is -0.363 e. The van der Waals surface area contributed by atoms with E-state index in [2.05, 4.69) is 29.8 Å². The van der Waals surface area contributed by atoms with Gasteiger partial charge in [-0.05, 0) is 53.3 Å². The van der Waals surface area contributed by atoms with Crippen molar-refractivity contribution in [3.63, 3.8) is 0 Å². The molecule has 12 nitrogen and oxygen atoms in total. The fourth-order valence-electron chi connectivity index (χ4n) is 7.49. The average molecular weight is 645 g/mol. The Morgan fingerprint density at radius 2 is 1.59 bits per heavy atom. The van der Waals surface area contributed by atoms with Gasteiger partial charge in [0.25, 0.3) is 5.91 Å². The molecule has 2 saturated heterocycles. The molecule has 2 aliphatic heterocycles. The van der Waals surface area contributed by atoms with Crippen molar-refractivity contribution in [3.8, 4) is 0 Å². The second-order valence-corrected chi connectivity index (χ2v) is 16.8. The lowest BCUT2D eigenvalue weighted by molar-refractivity contribution is -0.145. The van der Waals surface area contributed by atoms with Crippen molar-refractivity contribution in [1.82, 2.24) is 25.8 Å². The van der Waals surface area contributed by atoms with Crippen molar-refractivity contribution < 1.29 is 28.8 Å². The van der Waals surface area contributed by atoms with Crippen LogP contribution in [-0.4, -0.2) is 89.0 Å². The number of hydrogen-bond donors (Lipinski definition) is 4. The molecule has 2 heterocycles. The molecule has 0 aromatic heterocycles. The zero-order chi connectivity index (χ0) is 34.4. The number of Topliss-reactive ketones (excluding diaryl/α,β-unsaturated/α-hetero) is 1. The van der Waals surface area contributed by atoms with Crippen LogP contribution < -0.4 is 21.7 Å². The van der Waals surface area contributed by atoms with Crippen LogP contribution in [0.15, 0.2) is 0 Å². The summed E-state index contributed by atoms with van der Waals surface area (Å²) in [6.45, 7) is 17.1. The molecule has 46 heavy (non-hydrogen) atoms. The summed E-state index contributed by atoms with van der Waals surface area (Å²) in [5.41, 5.74) is 4.10. The van der Waals surface area contributed by atoms with Gasteiger partial charge in [0.15, 0.2) is 0 Å². The number of ketones is 1. The van der Waals surface area contributed by atoms with E-state index in [9.17, 15) is 28.8 Å². The van der Waals surface area contributed by atoms with Crippen LogP contribution in [0.25, 0.3) is 0 Å². The quantitative estimate of drug-likeness (QED) is 0.252. The van der Waals surface area contributed by atoms with Crippen LogP contribution in [0.4, 0.5) is 4.79 Å². The maximum Gasteiger partial charge on any atom is 0.315 e. The highest BCUT2D eigenvalue weighted by atomic mass is 16.2. The first kappa shape index (κ1) is 35.7. The lowest BCUT2D eigenvalue weighted by Crippen LogP contribution is -2.63. The second kappa shape index (κ2) is 13.1. The maximum absolute atomic E-state index is 14.3. The van der Waals surface area contributed by atoms with Crippen LogP contribution in [0.3, 0.4) is 0 Å². The Bertz CT molecular complexity index is 1230. The molecule has 2 saturated carbocycles. The Labute approximate surface area is 273 Å². The summed E-state index contributed by atoms with van der Waals surface area (Å²) in [7, 11) is 0. The number of nitrogens with zero attached hydrogens (tertiary/aromatic N) is 2. The number of piperidine rings is 2. The predicted octanol–water partition coefficient (Wildman–Crippen LogP) is 2.34. The monoisotopic (exact) mass is 644 g/mol. The van der Waals surface area contributed by atoms with Crippen LogP contribution >= 0.6 is 0 Å². The second-order valence-electron chi connectivity index (χ2n) is 16.8. The number of likely N-dealkylation sites (tertiary alicyclic amines) is 2. The lowest BCUT2D eigenvalue weighted by Gasteiger charge is -2.40. The smallest absolute Gasteiger partial charge is 0.315 e. The van der Waals surface area contributed by atoms with Crippen molar-refractivity contribution in [2.24, 2.45) is 39.7 Å². The molecular weight excluding hydrogens is 588 g/mol. The molecule has 0 aromatic rings. The molecule has 4 fully saturated rings. The molecule has 0 bridgehead atoms. The van der Waals surface area contributed by atoms with Crippen LogP contribution in [0, 0.1) is 34.0 Å². The van der Waals surface area contributed by atoms with Gasteiger partial charge in [0.05, 0.1) is 12.1 Å². The Balaban J connectivity index is 1.51. The molecule has 2 aliphatic carbocycles. The minimum atomic E-state index is -1.09. The highest BCUT2D eigenvalue weighted by Gasteiger charge is 2.70. The number of urea groups is 1. The normalized spacial score (nSPS) is 26.3. The summed E-state index contributed by atoms with van der Waals surface area (Å²) in [6.07, 6.45) is 5.54. The van der Waals surface area contributed by atoms with Gasteiger partial charge in [0.1, 0.15) is 12.1 Å². The summed E-state index contributed by atoms with van der Waals surface area (Å²) in [5.74, 6) is -2.47. The van der Waals surface area contributed by atoms with Gasteiger partial charge in [-0.25, -0.2) is 4.79 Å². The molecule has 12 heteroatoms. The average Bonchev–Trinajstić information content (AvgIpc) is 3.24. The lowest BCUT2D eigenvalue weighted by atomic mass is 9.80. The number of hydrogen-bond acceptors (Lipinski definition) is 6. The summed E-state index contributed by atoms with van der Waals surface area (Å²) in [5, 5.41) is 8.77. The van der Waals surface area contributed by atoms with Crippen LogP contribution in [0.1, 0.15) is 100 Å². The van der Waals surface area contributed by atoms with Gasteiger partial charge in [0.2, 0.25) is 23.5 Å². The van der Waals surface area contributed by atoms with Gasteiger partial charge in [-0.2, -0.15) is 0 Å². The fraction of sp³-hybridized carbons (Fsp3) is 0.824. The van der Waals surface area contributed by atoms with E-state index >= 15 is 0 Å². The third-order valence-electron chi connectivity index (χ3n) is 11.0. The maximum atomic E-state index is 14.3. The number of amides is 6. The van der Waals surface area contributed by atoms with Crippen molar-refractivity contribution in [2.45, 2.75) is 125 Å². The van der Waals surface area contributed by atoms with Crippen molar-refractivity contribution in [1.29, 1.82) is 0 Å². The van der Waals surface area contributed by atoms with Crippen LogP contribution in [0.5, 0.6) is 0 Å². The molecule has 0 radical (unpaired) electrons. The fourth-order valence-corrected chi connectivity index (χ4v) is 7.49. The van der Waals surface area contributed by atoms with E-state index in [1.807, 2.05) is 41.5 Å². The molecule has 6 amide bonds. The predicted molar refractivity (Wildman–Crippen MR) is 173 cm³/mol. The first-order valence-corrected chi connectivity index (χ1v) is 17.0. The number of carbonyl (C=O) groups is 6. The Morgan fingerprint density at radius 3 is 2.11 bits per heavy atom. The molecule has 4 aliphatic rings. The zero-order valence-electron chi connectivity index (χ0n) is 29.0. The molecule has 5 N–H and O–H groups in total. The largest absolute Gasteiger partial charge is 0.363 e. The topological polar surface area (TPSA) is 171 Å². The Morgan fingerprint density at radius 1 is 0.935 bits per heavy atom. The SMILES string of the molecule is CC(C)(C)[C@H](NC(=O)N[C@H](CN1CCCCC1=O)C(C)(C)C)C(=O)N1C[C@H]2[C@@H]([C@H]1C(=O)NC(CC1CCC1)C(=O)C(N)=O)C2(C)C. The zero-order valence-corrected chi connectivity index (χ0v) is 29.0. The van der Waals surface area contributed by atoms with Gasteiger partial charge in [-0.1, -0.05) is 74.7 Å². The number of nitrogens with one attached hydrogen (secondary N) is 3. The molecular formula is C34H56N6O6. The Hall–Kier alpha value is -3.18. The van der Waals surface area contributed by atoms with E-state index in [1.54, 1.807) is 9.80 Å². The van der Waals surface area contributed by atoms with E-state index in [1.165, 1.54) is 0 Å². The van der Waals surface area contributed by atoms with Gasteiger partial charge >= 0.3 is 6.03 Å². The molecule has 4 rings (SSSR count). The van der Waals surface area contributed by atoms with Gasteiger partial charge in [-0.15, -0.1) is 0 Å². The first-order chi connectivity index (χ1) is 21.2.